The average Bonchev–Trinajstić information content (AvgIpc) is 2.94. The van der Waals surface area contributed by atoms with Gasteiger partial charge in [-0.25, -0.2) is 0 Å². The highest BCUT2D eigenvalue weighted by Crippen LogP contribution is 2.08. The zero-order chi connectivity index (χ0) is 14.2. The fourth-order valence-electron chi connectivity index (χ4n) is 1.91. The van der Waals surface area contributed by atoms with E-state index in [9.17, 15) is 0 Å². The summed E-state index contributed by atoms with van der Waals surface area (Å²) < 4.78 is 6.78. The van der Waals surface area contributed by atoms with Gasteiger partial charge in [0.1, 0.15) is 0 Å². The van der Waals surface area contributed by atoms with Crippen LogP contribution >= 0.6 is 0 Å². The Hall–Kier alpha value is -1.83. The minimum atomic E-state index is 0.0939. The van der Waals surface area contributed by atoms with Crippen LogP contribution in [0.25, 0.3) is 5.69 Å². The van der Waals surface area contributed by atoms with Crippen molar-refractivity contribution in [1.29, 1.82) is 0 Å². The normalized spacial score (nSPS) is 11.2. The van der Waals surface area contributed by atoms with Gasteiger partial charge in [-0.3, -0.25) is 4.90 Å². The molecule has 0 aliphatic heterocycles. The molecule has 0 spiro atoms. The first kappa shape index (κ1) is 14.6. The lowest BCUT2D eigenvalue weighted by Crippen LogP contribution is -2.31. The number of methoxy groups -OCH3 is 1. The van der Waals surface area contributed by atoms with Gasteiger partial charge in [-0.1, -0.05) is 18.2 Å². The lowest BCUT2D eigenvalue weighted by atomic mass is 10.3. The summed E-state index contributed by atoms with van der Waals surface area (Å²) in [5.41, 5.74) is 0.920. The predicted octanol–water partition coefficient (Wildman–Crippen LogP) is 0.103. The molecule has 0 radical (unpaired) electrons. The van der Waals surface area contributed by atoms with E-state index in [4.69, 9.17) is 9.84 Å². The van der Waals surface area contributed by atoms with Gasteiger partial charge in [-0.05, 0) is 22.6 Å². The van der Waals surface area contributed by atoms with Gasteiger partial charge in [0.15, 0.2) is 5.82 Å². The maximum atomic E-state index is 9.11. The van der Waals surface area contributed by atoms with Crippen molar-refractivity contribution in [2.24, 2.45) is 0 Å². The van der Waals surface area contributed by atoms with E-state index in [-0.39, 0.29) is 6.61 Å². The fraction of sp³-hybridized carbons (Fsp3) is 0.462. The number of aliphatic hydroxyl groups excluding tert-OH is 1. The molecule has 7 heteroatoms. The Labute approximate surface area is 117 Å². The SMILES string of the molecule is COCCN(CCO)Cc1nnnn1-c1ccccc1. The van der Waals surface area contributed by atoms with Crippen molar-refractivity contribution in [3.8, 4) is 5.69 Å². The van der Waals surface area contributed by atoms with Gasteiger partial charge in [0, 0.05) is 20.2 Å². The zero-order valence-corrected chi connectivity index (χ0v) is 11.5. The number of tetrazole rings is 1. The third-order valence-electron chi connectivity index (χ3n) is 2.93. The summed E-state index contributed by atoms with van der Waals surface area (Å²) in [6.07, 6.45) is 0. The Kier molecular flexibility index (Phi) is 5.60. The molecule has 20 heavy (non-hydrogen) atoms. The first-order valence-corrected chi connectivity index (χ1v) is 6.50. The molecule has 1 aromatic carbocycles. The lowest BCUT2D eigenvalue weighted by Gasteiger charge is -2.20. The van der Waals surface area contributed by atoms with Gasteiger partial charge < -0.3 is 9.84 Å². The minimum Gasteiger partial charge on any atom is -0.395 e. The summed E-state index contributed by atoms with van der Waals surface area (Å²) >= 11 is 0. The Morgan fingerprint density at radius 2 is 2.05 bits per heavy atom. The average molecular weight is 277 g/mol. The molecule has 0 atom stereocenters. The van der Waals surface area contributed by atoms with Gasteiger partial charge >= 0.3 is 0 Å². The van der Waals surface area contributed by atoms with Crippen LogP contribution in [0.1, 0.15) is 5.82 Å². The molecule has 0 fully saturated rings. The van der Waals surface area contributed by atoms with E-state index >= 15 is 0 Å². The van der Waals surface area contributed by atoms with Crippen LogP contribution in [-0.4, -0.2) is 63.6 Å². The Morgan fingerprint density at radius 1 is 1.25 bits per heavy atom. The van der Waals surface area contributed by atoms with Crippen LogP contribution in [0.2, 0.25) is 0 Å². The molecule has 2 rings (SSSR count). The molecular weight excluding hydrogens is 258 g/mol. The van der Waals surface area contributed by atoms with Gasteiger partial charge in [0.25, 0.3) is 0 Å². The summed E-state index contributed by atoms with van der Waals surface area (Å²) in [5.74, 6) is 0.737. The number of hydrogen-bond acceptors (Lipinski definition) is 6. The molecule has 1 aromatic heterocycles. The molecule has 0 aliphatic carbocycles. The fourth-order valence-corrected chi connectivity index (χ4v) is 1.91. The molecule has 108 valence electrons. The predicted molar refractivity (Wildman–Crippen MR) is 73.4 cm³/mol. The Morgan fingerprint density at radius 3 is 2.75 bits per heavy atom. The third kappa shape index (κ3) is 3.83. The van der Waals surface area contributed by atoms with Crippen molar-refractivity contribution in [3.63, 3.8) is 0 Å². The van der Waals surface area contributed by atoms with E-state index in [0.29, 0.717) is 19.7 Å². The molecule has 1 N–H and O–H groups in total. The zero-order valence-electron chi connectivity index (χ0n) is 11.5. The molecule has 2 aromatic rings. The van der Waals surface area contributed by atoms with Crippen LogP contribution in [0.15, 0.2) is 30.3 Å². The Bertz CT molecular complexity index is 502. The highest BCUT2D eigenvalue weighted by Gasteiger charge is 2.12. The topological polar surface area (TPSA) is 76.3 Å². The standard InChI is InChI=1S/C13H19N5O2/c1-20-10-8-17(7-9-19)11-13-14-15-16-18(13)12-5-3-2-4-6-12/h2-6,19H,7-11H2,1H3. The number of ether oxygens (including phenoxy) is 1. The van der Waals surface area contributed by atoms with Gasteiger partial charge in [-0.2, -0.15) is 4.68 Å². The number of aromatic nitrogens is 4. The van der Waals surface area contributed by atoms with E-state index in [1.54, 1.807) is 11.8 Å². The highest BCUT2D eigenvalue weighted by atomic mass is 16.5. The quantitative estimate of drug-likeness (QED) is 0.737. The van der Waals surface area contributed by atoms with Gasteiger partial charge in [0.2, 0.25) is 0 Å². The monoisotopic (exact) mass is 277 g/mol. The molecule has 1 heterocycles. The van der Waals surface area contributed by atoms with E-state index in [2.05, 4.69) is 20.4 Å². The third-order valence-corrected chi connectivity index (χ3v) is 2.93. The molecule has 0 bridgehead atoms. The van der Waals surface area contributed by atoms with Crippen molar-refractivity contribution in [3.05, 3.63) is 36.2 Å². The summed E-state index contributed by atoms with van der Waals surface area (Å²) in [4.78, 5) is 2.05. The van der Waals surface area contributed by atoms with E-state index in [0.717, 1.165) is 18.1 Å². The van der Waals surface area contributed by atoms with Crippen LogP contribution in [0.3, 0.4) is 0 Å². The lowest BCUT2D eigenvalue weighted by molar-refractivity contribution is 0.124. The number of benzene rings is 1. The second-order valence-corrected chi connectivity index (χ2v) is 4.34. The Balaban J connectivity index is 2.10. The number of nitrogens with zero attached hydrogens (tertiary/aromatic N) is 5. The second kappa shape index (κ2) is 7.68. The maximum absolute atomic E-state index is 9.11. The minimum absolute atomic E-state index is 0.0939. The molecule has 7 nitrogen and oxygen atoms in total. The summed E-state index contributed by atoms with van der Waals surface area (Å²) in [5, 5.41) is 20.9. The van der Waals surface area contributed by atoms with E-state index in [1.807, 2.05) is 30.3 Å². The van der Waals surface area contributed by atoms with Crippen molar-refractivity contribution < 1.29 is 9.84 Å². The van der Waals surface area contributed by atoms with Crippen LogP contribution in [0, 0.1) is 0 Å². The molecule has 0 amide bonds. The van der Waals surface area contributed by atoms with Crippen LogP contribution in [-0.2, 0) is 11.3 Å². The van der Waals surface area contributed by atoms with Gasteiger partial charge in [-0.15, -0.1) is 5.10 Å². The number of para-hydroxylation sites is 1. The highest BCUT2D eigenvalue weighted by molar-refractivity contribution is 5.30. The molecular formula is C13H19N5O2. The molecule has 0 saturated heterocycles. The molecule has 0 unspecified atom stereocenters. The first-order valence-electron chi connectivity index (χ1n) is 6.50. The van der Waals surface area contributed by atoms with E-state index < -0.39 is 0 Å². The van der Waals surface area contributed by atoms with E-state index in [1.165, 1.54) is 0 Å². The first-order chi connectivity index (χ1) is 9.85. The van der Waals surface area contributed by atoms with Gasteiger partial charge in [0.05, 0.1) is 25.4 Å². The summed E-state index contributed by atoms with van der Waals surface area (Å²) in [6, 6.07) is 9.73. The maximum Gasteiger partial charge on any atom is 0.170 e. The number of hydrogen-bond donors (Lipinski definition) is 1. The molecule has 0 saturated carbocycles. The molecule has 0 aliphatic rings. The van der Waals surface area contributed by atoms with Crippen molar-refractivity contribution in [2.45, 2.75) is 6.54 Å². The van der Waals surface area contributed by atoms with Crippen LogP contribution in [0.4, 0.5) is 0 Å². The van der Waals surface area contributed by atoms with Crippen molar-refractivity contribution in [1.82, 2.24) is 25.1 Å². The summed E-state index contributed by atoms with van der Waals surface area (Å²) in [7, 11) is 1.66. The number of aliphatic hydroxyl groups is 1. The second-order valence-electron chi connectivity index (χ2n) is 4.34. The summed E-state index contributed by atoms with van der Waals surface area (Å²) in [6.45, 7) is 2.54. The van der Waals surface area contributed by atoms with Crippen molar-refractivity contribution in [2.75, 3.05) is 33.4 Å². The van der Waals surface area contributed by atoms with Crippen LogP contribution < -0.4 is 0 Å². The smallest absolute Gasteiger partial charge is 0.170 e. The number of rotatable bonds is 8. The largest absolute Gasteiger partial charge is 0.395 e. The van der Waals surface area contributed by atoms with Crippen LogP contribution in [0.5, 0.6) is 0 Å². The van der Waals surface area contributed by atoms with Crippen molar-refractivity contribution >= 4 is 0 Å².